The lowest BCUT2D eigenvalue weighted by molar-refractivity contribution is -0.128. The largest absolute Gasteiger partial charge is 0.480 e. The number of para-hydroxylation sites is 1. The third-order valence-corrected chi connectivity index (χ3v) is 4.95. The summed E-state index contributed by atoms with van der Waals surface area (Å²) in [5.74, 6) is 0.560. The fourth-order valence-corrected chi connectivity index (χ4v) is 3.61. The third-order valence-electron chi connectivity index (χ3n) is 4.95. The topological polar surface area (TPSA) is 62.1 Å². The zero-order valence-electron chi connectivity index (χ0n) is 13.3. The van der Waals surface area contributed by atoms with Crippen molar-refractivity contribution < 1.29 is 9.53 Å². The molecule has 2 aromatic carbocycles. The number of rotatable bonds is 2. The van der Waals surface area contributed by atoms with E-state index in [1.807, 2.05) is 42.5 Å². The minimum Gasteiger partial charge on any atom is -0.480 e. The van der Waals surface area contributed by atoms with Gasteiger partial charge in [0.1, 0.15) is 11.3 Å². The summed E-state index contributed by atoms with van der Waals surface area (Å²) < 4.78 is 5.75. The summed E-state index contributed by atoms with van der Waals surface area (Å²) in [7, 11) is 0. The van der Waals surface area contributed by atoms with Crippen LogP contribution in [0.3, 0.4) is 0 Å². The van der Waals surface area contributed by atoms with Gasteiger partial charge in [-0.05, 0) is 35.6 Å². The van der Waals surface area contributed by atoms with Gasteiger partial charge in [0.15, 0.2) is 6.10 Å². The molecule has 1 amide bonds. The van der Waals surface area contributed by atoms with E-state index in [1.54, 1.807) is 0 Å². The monoisotopic (exact) mass is 318 g/mol. The van der Waals surface area contributed by atoms with Crippen molar-refractivity contribution in [1.29, 1.82) is 5.26 Å². The van der Waals surface area contributed by atoms with Gasteiger partial charge in [-0.2, -0.15) is 5.26 Å². The van der Waals surface area contributed by atoms with Crippen LogP contribution in [-0.4, -0.2) is 17.6 Å². The Balaban J connectivity index is 1.50. The average molecular weight is 318 g/mol. The van der Waals surface area contributed by atoms with Crippen LogP contribution in [0, 0.1) is 11.3 Å². The third kappa shape index (κ3) is 2.52. The first-order chi connectivity index (χ1) is 11.7. The molecule has 0 saturated carbocycles. The summed E-state index contributed by atoms with van der Waals surface area (Å²) in [4.78, 5) is 12.7. The normalized spacial score (nSPS) is 24.2. The Labute approximate surface area is 141 Å². The van der Waals surface area contributed by atoms with Crippen LogP contribution in [0.15, 0.2) is 48.5 Å². The molecule has 0 spiro atoms. The highest BCUT2D eigenvalue weighted by Gasteiger charge is 2.39. The van der Waals surface area contributed by atoms with Crippen LogP contribution in [0.25, 0.3) is 0 Å². The summed E-state index contributed by atoms with van der Waals surface area (Å²) in [5, 5.41) is 12.7. The highest BCUT2D eigenvalue weighted by Crippen LogP contribution is 2.31. The van der Waals surface area contributed by atoms with E-state index in [0.29, 0.717) is 19.3 Å². The molecule has 120 valence electrons. The molecule has 2 aromatic rings. The smallest absolute Gasteiger partial charge is 0.262 e. The maximum Gasteiger partial charge on any atom is 0.262 e. The molecule has 4 nitrogen and oxygen atoms in total. The van der Waals surface area contributed by atoms with Gasteiger partial charge in [0, 0.05) is 12.8 Å². The Morgan fingerprint density at radius 2 is 1.83 bits per heavy atom. The number of fused-ring (bicyclic) bond motifs is 2. The number of carbonyl (C=O) groups excluding carboxylic acids is 1. The highest BCUT2D eigenvalue weighted by atomic mass is 16.5. The molecule has 24 heavy (non-hydrogen) atoms. The number of nitrogens with one attached hydrogen (secondary N) is 1. The number of benzene rings is 2. The molecular weight excluding hydrogens is 300 g/mol. The molecule has 1 heterocycles. The molecule has 2 atom stereocenters. The van der Waals surface area contributed by atoms with Gasteiger partial charge in [-0.1, -0.05) is 42.5 Å². The van der Waals surface area contributed by atoms with Gasteiger partial charge in [-0.3, -0.25) is 4.79 Å². The predicted molar refractivity (Wildman–Crippen MR) is 89.5 cm³/mol. The molecule has 0 unspecified atom stereocenters. The standard InChI is InChI=1S/C20H18N2O2/c21-13-20(10-9-14-5-1-2-7-16(14)12-20)22-19(23)18-11-15-6-3-4-8-17(15)24-18/h1-8,18H,9-12H2,(H,22,23)/t18-,20+/m0/s1. The first-order valence-corrected chi connectivity index (χ1v) is 8.24. The van der Waals surface area contributed by atoms with Crippen molar-refractivity contribution in [2.75, 3.05) is 0 Å². The average Bonchev–Trinajstić information content (AvgIpc) is 3.06. The van der Waals surface area contributed by atoms with Crippen LogP contribution in [0.2, 0.25) is 0 Å². The summed E-state index contributed by atoms with van der Waals surface area (Å²) >= 11 is 0. The molecule has 4 heteroatoms. The minimum absolute atomic E-state index is 0.202. The molecule has 0 fully saturated rings. The second kappa shape index (κ2) is 5.68. The molecule has 2 aliphatic rings. The summed E-state index contributed by atoms with van der Waals surface area (Å²) in [6.07, 6.45) is 1.98. The van der Waals surface area contributed by atoms with E-state index < -0.39 is 11.6 Å². The fourth-order valence-electron chi connectivity index (χ4n) is 3.61. The van der Waals surface area contributed by atoms with Crippen LogP contribution in [0.1, 0.15) is 23.1 Å². The zero-order chi connectivity index (χ0) is 16.6. The molecule has 0 radical (unpaired) electrons. The number of hydrogen-bond donors (Lipinski definition) is 1. The van der Waals surface area contributed by atoms with E-state index in [4.69, 9.17) is 4.74 Å². The molecular formula is C20H18N2O2. The van der Waals surface area contributed by atoms with Crippen molar-refractivity contribution in [2.45, 2.75) is 37.3 Å². The maximum absolute atomic E-state index is 12.7. The Hall–Kier alpha value is -2.80. The number of amides is 1. The Kier molecular flexibility index (Phi) is 3.50. The van der Waals surface area contributed by atoms with Gasteiger partial charge in [-0.25, -0.2) is 0 Å². The molecule has 4 rings (SSSR count). The van der Waals surface area contributed by atoms with E-state index in [9.17, 15) is 10.1 Å². The van der Waals surface area contributed by atoms with E-state index in [0.717, 1.165) is 23.3 Å². The lowest BCUT2D eigenvalue weighted by Gasteiger charge is -2.33. The summed E-state index contributed by atoms with van der Waals surface area (Å²) in [6.45, 7) is 0. The van der Waals surface area contributed by atoms with Gasteiger partial charge in [0.05, 0.1) is 6.07 Å². The molecule has 1 aliphatic carbocycles. The first-order valence-electron chi connectivity index (χ1n) is 8.24. The van der Waals surface area contributed by atoms with Crippen molar-refractivity contribution in [1.82, 2.24) is 5.32 Å². The van der Waals surface area contributed by atoms with Crippen molar-refractivity contribution in [2.24, 2.45) is 0 Å². The van der Waals surface area contributed by atoms with E-state index in [2.05, 4.69) is 17.5 Å². The fraction of sp³-hybridized carbons (Fsp3) is 0.300. The molecule has 0 bridgehead atoms. The van der Waals surface area contributed by atoms with Gasteiger partial charge >= 0.3 is 0 Å². The van der Waals surface area contributed by atoms with Crippen LogP contribution in [-0.2, 0) is 24.1 Å². The van der Waals surface area contributed by atoms with Crippen LogP contribution >= 0.6 is 0 Å². The molecule has 1 aliphatic heterocycles. The van der Waals surface area contributed by atoms with Gasteiger partial charge in [-0.15, -0.1) is 0 Å². The maximum atomic E-state index is 12.7. The number of hydrogen-bond acceptors (Lipinski definition) is 3. The Morgan fingerprint density at radius 1 is 1.12 bits per heavy atom. The van der Waals surface area contributed by atoms with Crippen LogP contribution < -0.4 is 10.1 Å². The number of nitriles is 1. The first kappa shape index (κ1) is 14.8. The van der Waals surface area contributed by atoms with Crippen molar-refractivity contribution in [3.05, 3.63) is 65.2 Å². The predicted octanol–water partition coefficient (Wildman–Crippen LogP) is 2.56. The van der Waals surface area contributed by atoms with E-state index >= 15 is 0 Å². The van der Waals surface area contributed by atoms with Crippen LogP contribution in [0.4, 0.5) is 0 Å². The number of aryl methyl sites for hydroxylation is 1. The van der Waals surface area contributed by atoms with E-state index in [-0.39, 0.29) is 5.91 Å². The molecule has 0 aromatic heterocycles. The van der Waals surface area contributed by atoms with Crippen molar-refractivity contribution in [3.63, 3.8) is 0 Å². The summed E-state index contributed by atoms with van der Waals surface area (Å²) in [5.41, 5.74) is 2.60. The summed E-state index contributed by atoms with van der Waals surface area (Å²) in [6, 6.07) is 18.2. The number of ether oxygens (including phenoxy) is 1. The number of carbonyl (C=O) groups is 1. The quantitative estimate of drug-likeness (QED) is 0.925. The highest BCUT2D eigenvalue weighted by molar-refractivity contribution is 5.83. The Bertz CT molecular complexity index is 815. The zero-order valence-corrected chi connectivity index (χ0v) is 13.3. The molecule has 0 saturated heterocycles. The minimum atomic E-state index is -0.844. The van der Waals surface area contributed by atoms with Crippen molar-refractivity contribution >= 4 is 5.91 Å². The lowest BCUT2D eigenvalue weighted by Crippen LogP contribution is -2.54. The second-order valence-electron chi connectivity index (χ2n) is 6.55. The van der Waals surface area contributed by atoms with Gasteiger partial charge < -0.3 is 10.1 Å². The number of nitrogens with zero attached hydrogens (tertiary/aromatic N) is 1. The second-order valence-corrected chi connectivity index (χ2v) is 6.55. The lowest BCUT2D eigenvalue weighted by atomic mass is 9.78. The Morgan fingerprint density at radius 3 is 2.58 bits per heavy atom. The van der Waals surface area contributed by atoms with E-state index in [1.165, 1.54) is 5.56 Å². The van der Waals surface area contributed by atoms with Gasteiger partial charge in [0.25, 0.3) is 5.91 Å². The van der Waals surface area contributed by atoms with Crippen molar-refractivity contribution in [3.8, 4) is 11.8 Å². The SMILES string of the molecule is N#C[C@@]1(NC(=O)[C@@H]2Cc3ccccc3O2)CCc2ccccc2C1. The van der Waals surface area contributed by atoms with Crippen LogP contribution in [0.5, 0.6) is 5.75 Å². The molecule has 1 N–H and O–H groups in total. The van der Waals surface area contributed by atoms with Gasteiger partial charge in [0.2, 0.25) is 0 Å².